The van der Waals surface area contributed by atoms with Crippen LogP contribution in [0.1, 0.15) is 0 Å². The molecule has 0 unspecified atom stereocenters. The summed E-state index contributed by atoms with van der Waals surface area (Å²) in [6.07, 6.45) is -4.52. The van der Waals surface area contributed by atoms with Crippen LogP contribution in [0, 0.1) is 0 Å². The summed E-state index contributed by atoms with van der Waals surface area (Å²) < 4.78 is 86.4. The van der Waals surface area contributed by atoms with Gasteiger partial charge in [-0.15, -0.1) is 0 Å². The molecule has 0 spiro atoms. The van der Waals surface area contributed by atoms with E-state index in [-0.39, 0.29) is 0 Å². The predicted octanol–water partition coefficient (Wildman–Crippen LogP) is 4.21. The van der Waals surface area contributed by atoms with Crippen LogP contribution in [0.2, 0.25) is 0 Å². The molecule has 30 heavy (non-hydrogen) atoms. The van der Waals surface area contributed by atoms with Crippen LogP contribution in [0.25, 0.3) is 0 Å². The van der Waals surface area contributed by atoms with Crippen molar-refractivity contribution in [3.8, 4) is 0 Å². The average Bonchev–Trinajstić information content (AvgIpc) is 2.76. The van der Waals surface area contributed by atoms with Gasteiger partial charge in [0.25, 0.3) is 8.32 Å². The number of hydrogen-bond donors (Lipinski definition) is 0. The molecule has 8 heteroatoms. The van der Waals surface area contributed by atoms with E-state index in [0.29, 0.717) is 15.6 Å². The molecule has 0 atom stereocenters. The largest absolute Gasteiger partial charge is 0.398 e. The maximum absolute atomic E-state index is 14.2. The van der Waals surface area contributed by atoms with E-state index in [0.717, 1.165) is 0 Å². The van der Waals surface area contributed by atoms with E-state index >= 15 is 0 Å². The summed E-state index contributed by atoms with van der Waals surface area (Å²) in [5, 5.41) is 1.58. The van der Waals surface area contributed by atoms with Gasteiger partial charge in [-0.25, -0.2) is 8.78 Å². The Morgan fingerprint density at radius 3 is 1.27 bits per heavy atom. The first-order chi connectivity index (χ1) is 14.2. The smallest absolute Gasteiger partial charge is 0.371 e. The Morgan fingerprint density at radius 2 is 0.967 bits per heavy atom. The van der Waals surface area contributed by atoms with Crippen molar-refractivity contribution >= 4 is 23.9 Å². The van der Waals surface area contributed by atoms with Crippen LogP contribution in [-0.4, -0.2) is 33.2 Å². The van der Waals surface area contributed by atoms with Gasteiger partial charge in [-0.1, -0.05) is 91.0 Å². The minimum atomic E-state index is -5.52. The van der Waals surface area contributed by atoms with E-state index in [1.807, 2.05) is 0 Å². The van der Waals surface area contributed by atoms with Gasteiger partial charge >= 0.3 is 18.3 Å². The highest BCUT2D eigenvalue weighted by Crippen LogP contribution is 2.39. The molecule has 0 aliphatic rings. The summed E-state index contributed by atoms with van der Waals surface area (Å²) in [5.74, 6) is -10.6. The Kier molecular flexibility index (Phi) is 6.38. The molecule has 0 saturated carbocycles. The summed E-state index contributed by atoms with van der Waals surface area (Å²) in [7, 11) is -3.71. The quantitative estimate of drug-likeness (QED) is 0.290. The fraction of sp³-hybridized carbons (Fsp3) is 0.182. The van der Waals surface area contributed by atoms with E-state index in [4.69, 9.17) is 4.43 Å². The van der Waals surface area contributed by atoms with Gasteiger partial charge in [-0.3, -0.25) is 0 Å². The lowest BCUT2D eigenvalue weighted by Crippen LogP contribution is -2.70. The van der Waals surface area contributed by atoms with Gasteiger partial charge in [0, 0.05) is 0 Å². The second-order valence-corrected chi connectivity index (χ2v) is 10.1. The monoisotopic (exact) mass is 440 g/mol. The van der Waals surface area contributed by atoms with E-state index in [1.165, 1.54) is 0 Å². The van der Waals surface area contributed by atoms with E-state index in [1.54, 1.807) is 91.0 Å². The molecular formula is C22H18F6OSi. The molecule has 0 aliphatic carbocycles. The van der Waals surface area contributed by atoms with Gasteiger partial charge in [-0.2, -0.15) is 17.6 Å². The molecular weight excluding hydrogens is 422 g/mol. The number of rotatable bonds is 8. The van der Waals surface area contributed by atoms with Crippen molar-refractivity contribution < 1.29 is 30.8 Å². The molecule has 0 aliphatic heterocycles. The van der Waals surface area contributed by atoms with Crippen LogP contribution in [-0.2, 0) is 4.43 Å². The Hall–Kier alpha value is -2.58. The van der Waals surface area contributed by atoms with Gasteiger partial charge in [0.15, 0.2) is 0 Å². The van der Waals surface area contributed by atoms with Crippen LogP contribution in [0.15, 0.2) is 91.0 Å². The normalized spacial score (nSPS) is 12.9. The van der Waals surface area contributed by atoms with Gasteiger partial charge in [-0.05, 0) is 15.6 Å². The molecule has 158 valence electrons. The number of hydrogen-bond acceptors (Lipinski definition) is 1. The Morgan fingerprint density at radius 1 is 0.633 bits per heavy atom. The van der Waals surface area contributed by atoms with Crippen molar-refractivity contribution in [3.05, 3.63) is 91.0 Å². The second kappa shape index (κ2) is 8.65. The highest BCUT2D eigenvalue weighted by molar-refractivity contribution is 7.07. The number of alkyl halides is 6. The molecule has 0 saturated heterocycles. The molecule has 3 rings (SSSR count). The van der Waals surface area contributed by atoms with Crippen LogP contribution in [0.5, 0.6) is 0 Å². The fourth-order valence-corrected chi connectivity index (χ4v) is 7.11. The Bertz CT molecular complexity index is 839. The number of benzene rings is 3. The predicted molar refractivity (Wildman–Crippen MR) is 106 cm³/mol. The van der Waals surface area contributed by atoms with Crippen molar-refractivity contribution in [2.24, 2.45) is 0 Å². The molecule has 0 amide bonds. The molecule has 0 radical (unpaired) electrons. The summed E-state index contributed by atoms with van der Waals surface area (Å²) >= 11 is 0. The number of halogens is 6. The summed E-state index contributed by atoms with van der Waals surface area (Å²) in [4.78, 5) is 0. The summed E-state index contributed by atoms with van der Waals surface area (Å²) in [6, 6.07) is 25.2. The summed E-state index contributed by atoms with van der Waals surface area (Å²) in [5.41, 5.74) is 0. The van der Waals surface area contributed by atoms with Gasteiger partial charge < -0.3 is 4.43 Å². The highest BCUT2D eigenvalue weighted by Gasteiger charge is 2.63. The lowest BCUT2D eigenvalue weighted by Gasteiger charge is -2.35. The Labute approximate surface area is 171 Å². The second-order valence-electron chi connectivity index (χ2n) is 6.70. The van der Waals surface area contributed by atoms with Gasteiger partial charge in [0.1, 0.15) is 6.61 Å². The maximum atomic E-state index is 14.2. The third kappa shape index (κ3) is 4.02. The molecule has 0 aromatic heterocycles. The molecule has 3 aromatic carbocycles. The van der Waals surface area contributed by atoms with Crippen molar-refractivity contribution in [1.29, 1.82) is 0 Å². The SMILES string of the molecule is FC(F)C(F)(F)C(F)(F)CO[Si](c1ccccc1)(c1ccccc1)c1ccccc1. The van der Waals surface area contributed by atoms with Crippen LogP contribution in [0.4, 0.5) is 26.3 Å². The van der Waals surface area contributed by atoms with Crippen molar-refractivity contribution in [1.82, 2.24) is 0 Å². The third-order valence-corrected chi connectivity index (χ3v) is 8.79. The zero-order valence-electron chi connectivity index (χ0n) is 15.6. The van der Waals surface area contributed by atoms with E-state index in [9.17, 15) is 26.3 Å². The first-order valence-corrected chi connectivity index (χ1v) is 11.0. The molecule has 0 heterocycles. The van der Waals surface area contributed by atoms with Crippen molar-refractivity contribution in [2.75, 3.05) is 6.61 Å². The highest BCUT2D eigenvalue weighted by atomic mass is 28.4. The van der Waals surface area contributed by atoms with Crippen molar-refractivity contribution in [2.45, 2.75) is 18.3 Å². The fourth-order valence-electron chi connectivity index (χ4n) is 3.22. The Balaban J connectivity index is 2.17. The third-order valence-electron chi connectivity index (χ3n) is 4.77. The summed E-state index contributed by atoms with van der Waals surface area (Å²) in [6.45, 7) is -1.85. The minimum Gasteiger partial charge on any atom is -0.398 e. The first-order valence-electron chi connectivity index (χ1n) is 9.06. The standard InChI is InChI=1S/C22H18F6OSi/c23-20(24)22(27,28)21(25,26)16-29-30(17-10-4-1-5-11-17,18-12-6-2-7-13-18)19-14-8-3-9-15-19/h1-15,20H,16H2. The topological polar surface area (TPSA) is 9.23 Å². The van der Waals surface area contributed by atoms with Crippen LogP contribution in [0.3, 0.4) is 0 Å². The lowest BCUT2D eigenvalue weighted by molar-refractivity contribution is -0.272. The molecule has 0 N–H and O–H groups in total. The molecule has 0 fully saturated rings. The van der Waals surface area contributed by atoms with Crippen molar-refractivity contribution in [3.63, 3.8) is 0 Å². The first kappa shape index (κ1) is 22.1. The lowest BCUT2D eigenvalue weighted by atomic mass is 10.2. The minimum absolute atomic E-state index is 0.526. The van der Waals surface area contributed by atoms with Crippen LogP contribution >= 0.6 is 0 Å². The molecule has 1 nitrogen and oxygen atoms in total. The van der Waals surface area contributed by atoms with E-state index in [2.05, 4.69) is 0 Å². The maximum Gasteiger partial charge on any atom is 0.371 e. The zero-order valence-corrected chi connectivity index (χ0v) is 16.6. The van der Waals surface area contributed by atoms with Gasteiger partial charge in [0.2, 0.25) is 0 Å². The van der Waals surface area contributed by atoms with Gasteiger partial charge in [0.05, 0.1) is 0 Å². The molecule has 0 bridgehead atoms. The van der Waals surface area contributed by atoms with Crippen LogP contribution < -0.4 is 15.6 Å². The van der Waals surface area contributed by atoms with E-state index < -0.39 is 33.2 Å². The molecule has 3 aromatic rings. The average molecular weight is 440 g/mol. The zero-order chi connectivity index (χ0) is 21.8.